The second-order valence-corrected chi connectivity index (χ2v) is 7.23. The maximum Gasteiger partial charge on any atom is 0.242 e. The molecule has 19 heavy (non-hydrogen) atoms. The van der Waals surface area contributed by atoms with Gasteiger partial charge in [-0.2, -0.15) is 0 Å². The molecule has 0 bridgehead atoms. The Kier molecular flexibility index (Phi) is 4.18. The van der Waals surface area contributed by atoms with E-state index in [0.29, 0.717) is 6.54 Å². The molecule has 0 unspecified atom stereocenters. The van der Waals surface area contributed by atoms with E-state index in [9.17, 15) is 8.42 Å². The molecule has 0 spiro atoms. The van der Waals surface area contributed by atoms with Gasteiger partial charge in [-0.3, -0.25) is 0 Å². The van der Waals surface area contributed by atoms with E-state index in [0.717, 1.165) is 10.7 Å². The zero-order valence-corrected chi connectivity index (χ0v) is 12.3. The molecule has 0 saturated carbocycles. The first-order valence-electron chi connectivity index (χ1n) is 5.65. The molecule has 0 aliphatic rings. The molecule has 0 saturated heterocycles. The van der Waals surface area contributed by atoms with Crippen molar-refractivity contribution in [2.75, 3.05) is 19.4 Å². The van der Waals surface area contributed by atoms with Gasteiger partial charge in [0.15, 0.2) is 0 Å². The smallest absolute Gasteiger partial charge is 0.242 e. The van der Waals surface area contributed by atoms with Crippen molar-refractivity contribution in [1.29, 1.82) is 0 Å². The lowest BCUT2D eigenvalue weighted by atomic mass is 10.3. The molecule has 2 aromatic rings. The molecular formula is C12H15N3O2S2. The van der Waals surface area contributed by atoms with Crippen LogP contribution in [0.5, 0.6) is 0 Å². The molecule has 1 N–H and O–H groups in total. The zero-order chi connectivity index (χ0) is 13.9. The molecule has 5 nitrogen and oxygen atoms in total. The van der Waals surface area contributed by atoms with Gasteiger partial charge in [0.25, 0.3) is 0 Å². The number of anilines is 1. The zero-order valence-electron chi connectivity index (χ0n) is 10.7. The van der Waals surface area contributed by atoms with Crippen LogP contribution in [-0.2, 0) is 16.6 Å². The van der Waals surface area contributed by atoms with E-state index in [1.165, 1.54) is 18.4 Å². The predicted molar refractivity (Wildman–Crippen MR) is 76.8 cm³/mol. The largest absolute Gasteiger partial charge is 0.378 e. The van der Waals surface area contributed by atoms with Crippen LogP contribution in [0.1, 0.15) is 5.01 Å². The van der Waals surface area contributed by atoms with E-state index in [1.807, 2.05) is 11.4 Å². The summed E-state index contributed by atoms with van der Waals surface area (Å²) in [4.78, 5) is 4.44. The van der Waals surface area contributed by atoms with Crippen LogP contribution in [0.2, 0.25) is 0 Å². The minimum atomic E-state index is -3.39. The van der Waals surface area contributed by atoms with E-state index in [4.69, 9.17) is 0 Å². The average molecular weight is 297 g/mol. The van der Waals surface area contributed by atoms with Gasteiger partial charge in [-0.05, 0) is 18.2 Å². The molecule has 7 heteroatoms. The van der Waals surface area contributed by atoms with E-state index >= 15 is 0 Å². The summed E-state index contributed by atoms with van der Waals surface area (Å²) in [6.45, 7) is 0.586. The highest BCUT2D eigenvalue weighted by atomic mass is 32.2. The molecule has 102 valence electrons. The van der Waals surface area contributed by atoms with Crippen molar-refractivity contribution in [2.24, 2.45) is 0 Å². The van der Waals surface area contributed by atoms with Gasteiger partial charge in [-0.15, -0.1) is 11.3 Å². The minimum Gasteiger partial charge on any atom is -0.378 e. The molecule has 1 heterocycles. The highest BCUT2D eigenvalue weighted by Gasteiger charge is 2.17. The fourth-order valence-corrected chi connectivity index (χ4v) is 3.00. The maximum atomic E-state index is 12.0. The summed E-state index contributed by atoms with van der Waals surface area (Å²) >= 11 is 1.56. The lowest BCUT2D eigenvalue weighted by molar-refractivity contribution is 0.521. The van der Waals surface area contributed by atoms with Crippen molar-refractivity contribution in [3.8, 4) is 0 Å². The highest BCUT2D eigenvalue weighted by Crippen LogP contribution is 2.18. The van der Waals surface area contributed by atoms with Crippen molar-refractivity contribution in [3.05, 3.63) is 40.8 Å². The van der Waals surface area contributed by atoms with E-state index in [-0.39, 0.29) is 4.90 Å². The molecule has 0 aliphatic carbocycles. The third-order valence-corrected chi connectivity index (χ3v) is 5.13. The molecule has 1 aromatic heterocycles. The Balaban J connectivity index is 2.16. The van der Waals surface area contributed by atoms with Gasteiger partial charge >= 0.3 is 0 Å². The van der Waals surface area contributed by atoms with Crippen LogP contribution in [0.3, 0.4) is 0 Å². The summed E-state index contributed by atoms with van der Waals surface area (Å²) in [5, 5.41) is 6.03. The van der Waals surface area contributed by atoms with Crippen molar-refractivity contribution < 1.29 is 8.42 Å². The minimum absolute atomic E-state index is 0.279. The van der Waals surface area contributed by atoms with Crippen LogP contribution in [0.25, 0.3) is 0 Å². The Labute approximate surface area is 117 Å². The molecule has 0 aliphatic heterocycles. The Morgan fingerprint density at radius 1 is 1.37 bits per heavy atom. The highest BCUT2D eigenvalue weighted by molar-refractivity contribution is 7.89. The Morgan fingerprint density at radius 3 is 2.79 bits per heavy atom. The number of aromatic nitrogens is 1. The number of hydrogen-bond donors (Lipinski definition) is 1. The van der Waals surface area contributed by atoms with Crippen molar-refractivity contribution in [3.63, 3.8) is 0 Å². The number of rotatable bonds is 5. The first kappa shape index (κ1) is 14.0. The summed E-state index contributed by atoms with van der Waals surface area (Å²) in [6, 6.07) is 6.77. The van der Waals surface area contributed by atoms with Gasteiger partial charge in [-0.1, -0.05) is 6.07 Å². The fourth-order valence-electron chi connectivity index (χ4n) is 1.50. The lowest BCUT2D eigenvalue weighted by Crippen LogP contribution is -2.22. The Hall–Kier alpha value is -1.44. The second kappa shape index (κ2) is 5.68. The van der Waals surface area contributed by atoms with Gasteiger partial charge in [0.05, 0.1) is 11.4 Å². The van der Waals surface area contributed by atoms with Crippen LogP contribution in [-0.4, -0.2) is 31.8 Å². The quantitative estimate of drug-likeness (QED) is 0.917. The van der Waals surface area contributed by atoms with Crippen molar-refractivity contribution >= 4 is 27.0 Å². The third-order valence-electron chi connectivity index (χ3n) is 2.54. The first-order valence-corrected chi connectivity index (χ1v) is 7.97. The normalized spacial score (nSPS) is 11.7. The SMILES string of the molecule is CN(C)S(=O)(=O)c1cccc(NCc2nccs2)c1. The monoisotopic (exact) mass is 297 g/mol. The molecule has 0 fully saturated rings. The van der Waals surface area contributed by atoms with Gasteiger partial charge in [0, 0.05) is 31.4 Å². The van der Waals surface area contributed by atoms with Crippen LogP contribution in [0.15, 0.2) is 40.7 Å². The molecule has 0 radical (unpaired) electrons. The summed E-state index contributed by atoms with van der Waals surface area (Å²) < 4.78 is 25.2. The number of thiazole rings is 1. The predicted octanol–water partition coefficient (Wildman–Crippen LogP) is 2.01. The Bertz CT molecular complexity index is 637. The van der Waals surface area contributed by atoms with Crippen LogP contribution >= 0.6 is 11.3 Å². The second-order valence-electron chi connectivity index (χ2n) is 4.09. The van der Waals surface area contributed by atoms with Crippen molar-refractivity contribution in [2.45, 2.75) is 11.4 Å². The summed E-state index contributed by atoms with van der Waals surface area (Å²) in [7, 11) is -0.353. The Morgan fingerprint density at radius 2 is 2.16 bits per heavy atom. The van der Waals surface area contributed by atoms with Crippen molar-refractivity contribution in [1.82, 2.24) is 9.29 Å². The van der Waals surface area contributed by atoms with Gasteiger partial charge < -0.3 is 5.32 Å². The fraction of sp³-hybridized carbons (Fsp3) is 0.250. The number of nitrogens with one attached hydrogen (secondary N) is 1. The van der Waals surface area contributed by atoms with E-state index in [2.05, 4.69) is 10.3 Å². The topological polar surface area (TPSA) is 62.3 Å². The number of sulfonamides is 1. The number of nitrogens with zero attached hydrogens (tertiary/aromatic N) is 2. The molecular weight excluding hydrogens is 282 g/mol. The molecule has 2 rings (SSSR count). The summed E-state index contributed by atoms with van der Waals surface area (Å²) in [6.07, 6.45) is 1.74. The molecule has 0 atom stereocenters. The lowest BCUT2D eigenvalue weighted by Gasteiger charge is -2.12. The van der Waals surface area contributed by atoms with Gasteiger partial charge in [-0.25, -0.2) is 17.7 Å². The van der Waals surface area contributed by atoms with Crippen LogP contribution in [0.4, 0.5) is 5.69 Å². The maximum absolute atomic E-state index is 12.0. The van der Waals surface area contributed by atoms with Crippen LogP contribution in [0, 0.1) is 0 Å². The van der Waals surface area contributed by atoms with Gasteiger partial charge in [0.1, 0.15) is 5.01 Å². The van der Waals surface area contributed by atoms with Crippen LogP contribution < -0.4 is 5.32 Å². The third kappa shape index (κ3) is 3.31. The first-order chi connectivity index (χ1) is 9.00. The number of hydrogen-bond acceptors (Lipinski definition) is 5. The van der Waals surface area contributed by atoms with Gasteiger partial charge in [0.2, 0.25) is 10.0 Å². The van der Waals surface area contributed by atoms with E-state index in [1.54, 1.807) is 35.7 Å². The average Bonchev–Trinajstić information content (AvgIpc) is 2.89. The summed E-state index contributed by atoms with van der Waals surface area (Å²) in [5.41, 5.74) is 0.762. The summed E-state index contributed by atoms with van der Waals surface area (Å²) in [5.74, 6) is 0. The number of benzene rings is 1. The standard InChI is InChI=1S/C12H15N3O2S2/c1-15(2)19(16,17)11-5-3-4-10(8-11)14-9-12-13-6-7-18-12/h3-8,14H,9H2,1-2H3. The molecule has 1 aromatic carbocycles. The molecule has 0 amide bonds. The van der Waals surface area contributed by atoms with E-state index < -0.39 is 10.0 Å².